The second-order valence-electron chi connectivity index (χ2n) is 5.91. The smallest absolute Gasteiger partial charge is 0.184 e. The Morgan fingerprint density at radius 2 is 2.10 bits per heavy atom. The molecule has 116 valence electrons. The molecule has 0 saturated carbocycles. The quantitative estimate of drug-likeness (QED) is 0.808. The van der Waals surface area contributed by atoms with Gasteiger partial charge in [-0.1, -0.05) is 43.7 Å². The molecule has 3 rings (SSSR count). The van der Waals surface area contributed by atoms with Crippen LogP contribution in [-0.2, 0) is 25.6 Å². The van der Waals surface area contributed by atoms with Crippen molar-refractivity contribution in [3.63, 3.8) is 0 Å². The van der Waals surface area contributed by atoms with E-state index in [1.54, 1.807) is 7.11 Å². The summed E-state index contributed by atoms with van der Waals surface area (Å²) in [5, 5.41) is 0. The lowest BCUT2D eigenvalue weighted by Gasteiger charge is -2.41. The lowest BCUT2D eigenvalue weighted by Crippen LogP contribution is -2.53. The average molecular weight is 292 g/mol. The van der Waals surface area contributed by atoms with Crippen molar-refractivity contribution in [3.8, 4) is 0 Å². The zero-order chi connectivity index (χ0) is 14.7. The summed E-state index contributed by atoms with van der Waals surface area (Å²) in [5.74, 6) is 0. The van der Waals surface area contributed by atoms with Crippen LogP contribution in [0.4, 0.5) is 0 Å². The van der Waals surface area contributed by atoms with Gasteiger partial charge in [-0.3, -0.25) is 0 Å². The summed E-state index contributed by atoms with van der Waals surface area (Å²) in [6.07, 6.45) is 2.57. The van der Waals surface area contributed by atoms with E-state index in [1.165, 1.54) is 0 Å². The maximum atomic E-state index is 6.16. The molecule has 21 heavy (non-hydrogen) atoms. The maximum Gasteiger partial charge on any atom is 0.184 e. The Morgan fingerprint density at radius 3 is 2.81 bits per heavy atom. The van der Waals surface area contributed by atoms with Gasteiger partial charge in [-0.15, -0.1) is 0 Å². The lowest BCUT2D eigenvalue weighted by molar-refractivity contribution is -0.237. The van der Waals surface area contributed by atoms with Crippen molar-refractivity contribution in [1.82, 2.24) is 0 Å². The summed E-state index contributed by atoms with van der Waals surface area (Å²) in [5.41, 5.74) is 0.885. The molecule has 2 saturated heterocycles. The molecule has 1 unspecified atom stereocenters. The van der Waals surface area contributed by atoms with Crippen LogP contribution in [0, 0.1) is 0 Å². The standard InChI is InChI=1S/C17H24O4/c1-3-9-17-12-20-16(21-17)14(10-15(17)18-2)19-11-13-7-5-4-6-8-13/h4-8,14-16H,3,9-12H2,1-2H3/t14-,15+,16?,17-/m0/s1. The average Bonchev–Trinajstić information content (AvgIpc) is 2.88. The van der Waals surface area contributed by atoms with Crippen LogP contribution in [0.1, 0.15) is 31.7 Å². The van der Waals surface area contributed by atoms with Crippen LogP contribution >= 0.6 is 0 Å². The highest BCUT2D eigenvalue weighted by atomic mass is 16.8. The van der Waals surface area contributed by atoms with Gasteiger partial charge in [0.2, 0.25) is 0 Å². The van der Waals surface area contributed by atoms with Crippen molar-refractivity contribution in [2.45, 2.75) is 56.9 Å². The Bertz CT molecular complexity index is 449. The number of benzene rings is 1. The lowest BCUT2D eigenvalue weighted by atomic mass is 9.87. The first-order chi connectivity index (χ1) is 10.3. The second-order valence-corrected chi connectivity index (χ2v) is 5.91. The van der Waals surface area contributed by atoms with Crippen molar-refractivity contribution in [2.24, 2.45) is 0 Å². The van der Waals surface area contributed by atoms with Gasteiger partial charge in [-0.05, 0) is 12.0 Å². The molecule has 0 amide bonds. The fraction of sp³-hybridized carbons (Fsp3) is 0.647. The van der Waals surface area contributed by atoms with Gasteiger partial charge in [0.15, 0.2) is 6.29 Å². The fourth-order valence-corrected chi connectivity index (χ4v) is 3.36. The highest BCUT2D eigenvalue weighted by molar-refractivity contribution is 5.13. The molecule has 0 aromatic heterocycles. The minimum Gasteiger partial charge on any atom is -0.378 e. The number of hydrogen-bond acceptors (Lipinski definition) is 4. The molecular weight excluding hydrogens is 268 g/mol. The van der Waals surface area contributed by atoms with Gasteiger partial charge in [0.25, 0.3) is 0 Å². The summed E-state index contributed by atoms with van der Waals surface area (Å²) in [6.45, 7) is 3.34. The Labute approximate surface area is 126 Å². The summed E-state index contributed by atoms with van der Waals surface area (Å²) in [6, 6.07) is 10.2. The van der Waals surface area contributed by atoms with E-state index >= 15 is 0 Å². The topological polar surface area (TPSA) is 36.9 Å². The Kier molecular flexibility index (Phi) is 4.60. The molecule has 2 aliphatic heterocycles. The molecule has 2 heterocycles. The van der Waals surface area contributed by atoms with Crippen LogP contribution in [0.2, 0.25) is 0 Å². The second kappa shape index (κ2) is 6.44. The van der Waals surface area contributed by atoms with Gasteiger partial charge in [-0.25, -0.2) is 0 Å². The predicted octanol–water partition coefficient (Wildman–Crippen LogP) is 2.90. The summed E-state index contributed by atoms with van der Waals surface area (Å²) < 4.78 is 23.7. The Morgan fingerprint density at radius 1 is 1.29 bits per heavy atom. The predicted molar refractivity (Wildman–Crippen MR) is 78.9 cm³/mol. The molecule has 0 aliphatic carbocycles. The highest BCUT2D eigenvalue weighted by Gasteiger charge is 2.55. The zero-order valence-corrected chi connectivity index (χ0v) is 12.8. The van der Waals surface area contributed by atoms with E-state index in [9.17, 15) is 0 Å². The molecule has 0 spiro atoms. The van der Waals surface area contributed by atoms with Gasteiger partial charge >= 0.3 is 0 Å². The van der Waals surface area contributed by atoms with E-state index in [0.29, 0.717) is 13.2 Å². The maximum absolute atomic E-state index is 6.16. The first-order valence-electron chi connectivity index (χ1n) is 7.75. The normalized spacial score (nSPS) is 35.0. The van der Waals surface area contributed by atoms with Crippen LogP contribution < -0.4 is 0 Å². The van der Waals surface area contributed by atoms with Gasteiger partial charge in [-0.2, -0.15) is 0 Å². The zero-order valence-electron chi connectivity index (χ0n) is 12.8. The monoisotopic (exact) mass is 292 g/mol. The van der Waals surface area contributed by atoms with E-state index in [-0.39, 0.29) is 24.1 Å². The van der Waals surface area contributed by atoms with Crippen LogP contribution in [0.5, 0.6) is 0 Å². The van der Waals surface area contributed by atoms with Crippen molar-refractivity contribution >= 4 is 0 Å². The van der Waals surface area contributed by atoms with E-state index < -0.39 is 0 Å². The minimum atomic E-state index is -0.277. The number of rotatable bonds is 6. The summed E-state index contributed by atoms with van der Waals surface area (Å²) in [7, 11) is 1.75. The van der Waals surface area contributed by atoms with Crippen molar-refractivity contribution < 1.29 is 18.9 Å². The van der Waals surface area contributed by atoms with Crippen molar-refractivity contribution in [1.29, 1.82) is 0 Å². The van der Waals surface area contributed by atoms with Crippen LogP contribution in [0.25, 0.3) is 0 Å². The van der Waals surface area contributed by atoms with Crippen molar-refractivity contribution in [3.05, 3.63) is 35.9 Å². The first-order valence-corrected chi connectivity index (χ1v) is 7.75. The van der Waals surface area contributed by atoms with Crippen LogP contribution in [0.15, 0.2) is 30.3 Å². The molecule has 4 nitrogen and oxygen atoms in total. The number of fused-ring (bicyclic) bond motifs is 2. The Balaban J connectivity index is 1.64. The summed E-state index contributed by atoms with van der Waals surface area (Å²) >= 11 is 0. The van der Waals surface area contributed by atoms with Gasteiger partial charge < -0.3 is 18.9 Å². The fourth-order valence-electron chi connectivity index (χ4n) is 3.36. The van der Waals surface area contributed by atoms with E-state index in [4.69, 9.17) is 18.9 Å². The van der Waals surface area contributed by atoms with Gasteiger partial charge in [0.1, 0.15) is 11.7 Å². The SMILES string of the molecule is CCC[C@@]12COC(O1)[C@@H](OCc1ccccc1)C[C@H]2OC. The highest BCUT2D eigenvalue weighted by Crippen LogP contribution is 2.42. The van der Waals surface area contributed by atoms with Crippen molar-refractivity contribution in [2.75, 3.05) is 13.7 Å². The van der Waals surface area contributed by atoms with E-state index in [0.717, 1.165) is 24.8 Å². The number of hydrogen-bond donors (Lipinski definition) is 0. The molecule has 2 bridgehead atoms. The molecule has 0 radical (unpaired) electrons. The molecule has 4 atom stereocenters. The molecule has 1 aromatic carbocycles. The molecule has 0 N–H and O–H groups in total. The molecule has 4 heteroatoms. The number of ether oxygens (including phenoxy) is 4. The third kappa shape index (κ3) is 2.99. The largest absolute Gasteiger partial charge is 0.378 e. The Hall–Kier alpha value is -0.940. The minimum absolute atomic E-state index is 0.0389. The van der Waals surface area contributed by atoms with Crippen LogP contribution in [-0.4, -0.2) is 37.8 Å². The van der Waals surface area contributed by atoms with Gasteiger partial charge in [0, 0.05) is 13.5 Å². The first kappa shape index (κ1) is 15.0. The summed E-state index contributed by atoms with van der Waals surface area (Å²) in [4.78, 5) is 0. The molecular formula is C17H24O4. The van der Waals surface area contributed by atoms with E-state index in [1.807, 2.05) is 18.2 Å². The van der Waals surface area contributed by atoms with Gasteiger partial charge in [0.05, 0.1) is 19.3 Å². The molecule has 1 aromatic rings. The third-order valence-corrected chi connectivity index (χ3v) is 4.44. The van der Waals surface area contributed by atoms with E-state index in [2.05, 4.69) is 19.1 Å². The third-order valence-electron chi connectivity index (χ3n) is 4.44. The molecule has 2 aliphatic rings. The molecule has 2 fully saturated rings. The van der Waals surface area contributed by atoms with Crippen LogP contribution in [0.3, 0.4) is 0 Å². The number of methoxy groups -OCH3 is 1.